The molecule has 0 amide bonds. The number of nitrogens with zero attached hydrogens (tertiary/aromatic N) is 1. The summed E-state index contributed by atoms with van der Waals surface area (Å²) in [7, 11) is -3.71. The van der Waals surface area contributed by atoms with Crippen molar-refractivity contribution < 1.29 is 13.2 Å². The quantitative estimate of drug-likeness (QED) is 0.837. The number of rotatable bonds is 2. The van der Waals surface area contributed by atoms with Gasteiger partial charge in [0.15, 0.2) is 0 Å². The standard InChI is InChI=1S/C10H10Cl3NO3S/c11-7-5-8(12)10(9(13)6-7)18(15,16)14-1-3-17-4-2-14/h5-6H,1-4H2. The third kappa shape index (κ3) is 2.76. The van der Waals surface area contributed by atoms with Gasteiger partial charge in [-0.3, -0.25) is 0 Å². The summed E-state index contributed by atoms with van der Waals surface area (Å²) in [5, 5.41) is 0.351. The first-order valence-corrected chi connectivity index (χ1v) is 7.73. The lowest BCUT2D eigenvalue weighted by atomic mass is 10.4. The zero-order valence-electron chi connectivity index (χ0n) is 9.20. The van der Waals surface area contributed by atoms with E-state index in [9.17, 15) is 8.42 Å². The third-order valence-electron chi connectivity index (χ3n) is 2.53. The van der Waals surface area contributed by atoms with Crippen LogP contribution in [0.25, 0.3) is 0 Å². The molecular formula is C10H10Cl3NO3S. The van der Waals surface area contributed by atoms with Crippen molar-refractivity contribution in [2.75, 3.05) is 26.3 Å². The molecule has 1 saturated heterocycles. The van der Waals surface area contributed by atoms with Crippen LogP contribution in [0.3, 0.4) is 0 Å². The summed E-state index contributed by atoms with van der Waals surface area (Å²) in [6.07, 6.45) is 0. The second-order valence-electron chi connectivity index (χ2n) is 3.72. The third-order valence-corrected chi connectivity index (χ3v) is 5.57. The van der Waals surface area contributed by atoms with Gasteiger partial charge in [-0.05, 0) is 12.1 Å². The number of sulfonamides is 1. The molecule has 2 rings (SSSR count). The van der Waals surface area contributed by atoms with Gasteiger partial charge in [-0.15, -0.1) is 0 Å². The number of ether oxygens (including phenoxy) is 1. The molecule has 1 heterocycles. The molecule has 0 radical (unpaired) electrons. The Morgan fingerprint density at radius 3 is 2.06 bits per heavy atom. The number of halogens is 3. The smallest absolute Gasteiger partial charge is 0.246 e. The van der Waals surface area contributed by atoms with Crippen molar-refractivity contribution in [1.82, 2.24) is 4.31 Å². The first-order valence-electron chi connectivity index (χ1n) is 5.15. The summed E-state index contributed by atoms with van der Waals surface area (Å²) in [4.78, 5) is -0.0999. The lowest BCUT2D eigenvalue weighted by molar-refractivity contribution is 0.0730. The van der Waals surface area contributed by atoms with Gasteiger partial charge in [0.25, 0.3) is 0 Å². The Morgan fingerprint density at radius 1 is 1.06 bits per heavy atom. The zero-order valence-corrected chi connectivity index (χ0v) is 12.3. The summed E-state index contributed by atoms with van der Waals surface area (Å²) in [6, 6.07) is 2.73. The molecule has 0 atom stereocenters. The molecular weight excluding hydrogens is 321 g/mol. The van der Waals surface area contributed by atoms with E-state index in [1.165, 1.54) is 16.4 Å². The molecule has 100 valence electrons. The highest BCUT2D eigenvalue weighted by molar-refractivity contribution is 7.89. The Balaban J connectivity index is 2.47. The first-order chi connectivity index (χ1) is 8.43. The van der Waals surface area contributed by atoms with Crippen LogP contribution in [0, 0.1) is 0 Å². The van der Waals surface area contributed by atoms with Gasteiger partial charge in [-0.1, -0.05) is 34.8 Å². The summed E-state index contributed by atoms with van der Waals surface area (Å²) in [6.45, 7) is 1.30. The van der Waals surface area contributed by atoms with Crippen molar-refractivity contribution in [3.63, 3.8) is 0 Å². The minimum absolute atomic E-state index is 0.0268. The predicted octanol–water partition coefficient (Wildman–Crippen LogP) is 2.67. The van der Waals surface area contributed by atoms with E-state index in [-0.39, 0.29) is 28.0 Å². The lowest BCUT2D eigenvalue weighted by Gasteiger charge is -2.26. The van der Waals surface area contributed by atoms with Gasteiger partial charge < -0.3 is 4.74 Å². The van der Waals surface area contributed by atoms with Crippen LogP contribution in [0.15, 0.2) is 17.0 Å². The van der Waals surface area contributed by atoms with Crippen molar-refractivity contribution in [2.45, 2.75) is 4.90 Å². The van der Waals surface area contributed by atoms with E-state index < -0.39 is 10.0 Å². The maximum Gasteiger partial charge on any atom is 0.246 e. The fourth-order valence-corrected chi connectivity index (χ4v) is 4.59. The van der Waals surface area contributed by atoms with E-state index in [0.29, 0.717) is 18.2 Å². The van der Waals surface area contributed by atoms with Crippen LogP contribution in [0.5, 0.6) is 0 Å². The Morgan fingerprint density at radius 2 is 1.56 bits per heavy atom. The maximum absolute atomic E-state index is 12.4. The Labute approximate surface area is 120 Å². The van der Waals surface area contributed by atoms with Crippen LogP contribution in [0.1, 0.15) is 0 Å². The number of morpholine rings is 1. The molecule has 0 aromatic heterocycles. The van der Waals surface area contributed by atoms with Crippen molar-refractivity contribution in [3.8, 4) is 0 Å². The van der Waals surface area contributed by atoms with Crippen molar-refractivity contribution >= 4 is 44.8 Å². The summed E-state index contributed by atoms with van der Waals surface area (Å²) < 4.78 is 31.2. The Bertz CT molecular complexity index is 532. The molecule has 0 unspecified atom stereocenters. The lowest BCUT2D eigenvalue weighted by Crippen LogP contribution is -2.40. The second kappa shape index (κ2) is 5.53. The molecule has 1 aromatic carbocycles. The van der Waals surface area contributed by atoms with E-state index in [0.717, 1.165) is 0 Å². The molecule has 0 aliphatic carbocycles. The minimum Gasteiger partial charge on any atom is -0.379 e. The Hall–Kier alpha value is -0.0400. The molecule has 0 N–H and O–H groups in total. The summed E-state index contributed by atoms with van der Waals surface area (Å²) >= 11 is 17.6. The molecule has 4 nitrogen and oxygen atoms in total. The van der Waals surface area contributed by atoms with Gasteiger partial charge >= 0.3 is 0 Å². The van der Waals surface area contributed by atoms with Crippen LogP contribution in [0.2, 0.25) is 15.1 Å². The van der Waals surface area contributed by atoms with Gasteiger partial charge in [-0.2, -0.15) is 4.31 Å². The largest absolute Gasteiger partial charge is 0.379 e. The topological polar surface area (TPSA) is 46.6 Å². The van der Waals surface area contributed by atoms with E-state index in [2.05, 4.69) is 0 Å². The molecule has 1 fully saturated rings. The average molecular weight is 331 g/mol. The number of hydrogen-bond acceptors (Lipinski definition) is 3. The zero-order chi connectivity index (χ0) is 13.3. The van der Waals surface area contributed by atoms with Crippen molar-refractivity contribution in [3.05, 3.63) is 27.2 Å². The molecule has 1 aliphatic heterocycles. The fraction of sp³-hybridized carbons (Fsp3) is 0.400. The molecule has 8 heteroatoms. The van der Waals surface area contributed by atoms with Crippen molar-refractivity contribution in [2.24, 2.45) is 0 Å². The molecule has 1 aromatic rings. The Kier molecular flexibility index (Phi) is 4.41. The number of hydrogen-bond donors (Lipinski definition) is 0. The predicted molar refractivity (Wildman–Crippen MR) is 71.0 cm³/mol. The van der Waals surface area contributed by atoms with Crippen LogP contribution in [0.4, 0.5) is 0 Å². The molecule has 18 heavy (non-hydrogen) atoms. The van der Waals surface area contributed by atoms with E-state index in [1.807, 2.05) is 0 Å². The average Bonchev–Trinajstić information content (AvgIpc) is 2.28. The second-order valence-corrected chi connectivity index (χ2v) is 6.84. The maximum atomic E-state index is 12.4. The highest BCUT2D eigenvalue weighted by atomic mass is 35.5. The van der Waals surface area contributed by atoms with E-state index in [4.69, 9.17) is 39.5 Å². The SMILES string of the molecule is O=S(=O)(c1c(Cl)cc(Cl)cc1Cl)N1CCOCC1. The molecule has 1 aliphatic rings. The van der Waals surface area contributed by atoms with Crippen LogP contribution in [-0.4, -0.2) is 39.0 Å². The first kappa shape index (κ1) is 14.4. The van der Waals surface area contributed by atoms with Gasteiger partial charge in [0, 0.05) is 18.1 Å². The van der Waals surface area contributed by atoms with Gasteiger partial charge in [-0.25, -0.2) is 8.42 Å². The highest BCUT2D eigenvalue weighted by Crippen LogP contribution is 2.34. The molecule has 0 spiro atoms. The normalized spacial score (nSPS) is 17.9. The van der Waals surface area contributed by atoms with Crippen LogP contribution < -0.4 is 0 Å². The van der Waals surface area contributed by atoms with Crippen LogP contribution >= 0.6 is 34.8 Å². The van der Waals surface area contributed by atoms with E-state index in [1.54, 1.807) is 0 Å². The molecule has 0 saturated carbocycles. The van der Waals surface area contributed by atoms with Gasteiger partial charge in [0.1, 0.15) is 4.90 Å². The van der Waals surface area contributed by atoms with Gasteiger partial charge in [0.2, 0.25) is 10.0 Å². The van der Waals surface area contributed by atoms with Crippen molar-refractivity contribution in [1.29, 1.82) is 0 Å². The summed E-state index contributed by atoms with van der Waals surface area (Å²) in [5.74, 6) is 0. The van der Waals surface area contributed by atoms with Gasteiger partial charge in [0.05, 0.1) is 23.3 Å². The summed E-state index contributed by atoms with van der Waals surface area (Å²) in [5.41, 5.74) is 0. The number of benzene rings is 1. The van der Waals surface area contributed by atoms with Crippen LogP contribution in [-0.2, 0) is 14.8 Å². The highest BCUT2D eigenvalue weighted by Gasteiger charge is 2.30. The fourth-order valence-electron chi connectivity index (χ4n) is 1.69. The monoisotopic (exact) mass is 329 g/mol. The van der Waals surface area contributed by atoms with E-state index >= 15 is 0 Å². The molecule has 0 bridgehead atoms. The minimum atomic E-state index is -3.71.